The van der Waals surface area contributed by atoms with E-state index in [1.165, 1.54) is 48.4 Å². The maximum absolute atomic E-state index is 13.2. The van der Waals surface area contributed by atoms with Crippen molar-refractivity contribution in [1.82, 2.24) is 33.1 Å². The molecule has 0 atom stereocenters. The second-order valence-corrected chi connectivity index (χ2v) is 53.1. The molecule has 0 amide bonds. The molecular formula is C99H146F15N7O14S7. The van der Waals surface area contributed by atoms with Crippen LogP contribution in [0.2, 0.25) is 0 Å². The molecule has 1 aliphatic rings. The normalized spacial score (nSPS) is 14.0. The van der Waals surface area contributed by atoms with E-state index in [0.29, 0.717) is 62.4 Å². The van der Waals surface area contributed by atoms with Gasteiger partial charge in [0.15, 0.2) is 0 Å². The second-order valence-electron chi connectivity index (χ2n) is 41.3. The predicted octanol–water partition coefficient (Wildman–Crippen LogP) is 25.7. The van der Waals surface area contributed by atoms with Gasteiger partial charge in [-0.3, -0.25) is 0 Å². The van der Waals surface area contributed by atoms with E-state index in [1.54, 1.807) is 158 Å². The first-order valence-electron chi connectivity index (χ1n) is 46.1. The molecule has 0 heterocycles. The first-order valence-corrected chi connectivity index (χ1v) is 56.5. The quantitative estimate of drug-likeness (QED) is 0.0224. The fourth-order valence-corrected chi connectivity index (χ4v) is 24.0. The summed E-state index contributed by atoms with van der Waals surface area (Å²) in [6.07, 6.45) is -21.0. The predicted molar refractivity (Wildman–Crippen MR) is 531 cm³/mol. The van der Waals surface area contributed by atoms with Crippen LogP contribution >= 0.6 is 0 Å². The topological polar surface area (TPSA) is 323 Å². The van der Waals surface area contributed by atoms with Crippen LogP contribution in [-0.2, 0) is 112 Å². The maximum Gasteiger partial charge on any atom is 0.417 e. The van der Waals surface area contributed by atoms with Crippen LogP contribution in [0.3, 0.4) is 0 Å². The Morgan fingerprint density at radius 2 is 0.458 bits per heavy atom. The first-order chi connectivity index (χ1) is 63.6. The van der Waals surface area contributed by atoms with Gasteiger partial charge in [-0.05, 0) is 277 Å². The zero-order valence-electron chi connectivity index (χ0n) is 87.1. The average molecular weight is 2170 g/mol. The summed E-state index contributed by atoms with van der Waals surface area (Å²) in [4.78, 5) is -2.83. The molecule has 7 N–H and O–H groups in total. The molecule has 8 rings (SSSR count). The van der Waals surface area contributed by atoms with E-state index in [-0.39, 0.29) is 47.0 Å². The largest absolute Gasteiger partial charge is 0.417 e. The molecule has 0 bridgehead atoms. The van der Waals surface area contributed by atoms with E-state index < -0.39 is 182 Å². The van der Waals surface area contributed by atoms with E-state index in [2.05, 4.69) is 73.7 Å². The van der Waals surface area contributed by atoms with Gasteiger partial charge in [-0.25, -0.2) is 92.0 Å². The Kier molecular flexibility index (Phi) is 45.9. The van der Waals surface area contributed by atoms with E-state index >= 15 is 0 Å². The fraction of sp³-hybridized carbons (Fsp3) is 0.576. The molecular weight excluding hydrogens is 2020 g/mol. The maximum atomic E-state index is 13.2. The number of halogens is 15. The van der Waals surface area contributed by atoms with E-state index in [9.17, 15) is 125 Å². The van der Waals surface area contributed by atoms with Crippen molar-refractivity contribution in [2.24, 2.45) is 0 Å². The molecule has 43 heteroatoms. The lowest BCUT2D eigenvalue weighted by Crippen LogP contribution is -2.43. The molecule has 0 spiro atoms. The monoisotopic (exact) mass is 2170 g/mol. The molecule has 1 aliphatic carbocycles. The summed E-state index contributed by atoms with van der Waals surface area (Å²) in [6, 6.07) is 27.2. The van der Waals surface area contributed by atoms with Crippen molar-refractivity contribution in [1.29, 1.82) is 0 Å². The highest BCUT2D eigenvalue weighted by atomic mass is 32.2. The van der Waals surface area contributed by atoms with Gasteiger partial charge in [0.25, 0.3) is 0 Å². The van der Waals surface area contributed by atoms with Crippen molar-refractivity contribution in [2.75, 3.05) is 13.1 Å². The van der Waals surface area contributed by atoms with Crippen LogP contribution in [0.25, 0.3) is 0 Å². The minimum absolute atomic E-state index is 0.0207. The molecule has 0 saturated heterocycles. The van der Waals surface area contributed by atoms with Gasteiger partial charge in [0.1, 0.15) is 0 Å². The number of alkyl halides is 15. The molecule has 0 aliphatic heterocycles. The third-order valence-corrected chi connectivity index (χ3v) is 33.4. The summed E-state index contributed by atoms with van der Waals surface area (Å²) in [7, 11) is -27.9. The molecule has 0 radical (unpaired) electrons. The third kappa shape index (κ3) is 40.2. The van der Waals surface area contributed by atoms with Gasteiger partial charge in [-0.2, -0.15) is 65.9 Å². The van der Waals surface area contributed by atoms with E-state index in [4.69, 9.17) is 0 Å². The number of benzene rings is 7. The van der Waals surface area contributed by atoms with E-state index in [1.807, 2.05) is 59.7 Å². The standard InChI is InChI=1S/C17H27NO2S.C15H22F3NO2S.C15H25NO2S.C14H20F3NO2S.2C13H18F3NO2S.C12H16F3NO2S/c1-12(2)13-7-8-15(14(11-13)17(6)9-10-17)21(19,20)18-16(3,4)5;1-6-14(4,5)19-22(20,21)13-8-7-11(10(2)3)9-12(13)15(16,17)18;1-7-16-19(17,18)14-9-8-12(11(2)3)10-13(14)15(4,5)6;1-9(2)10-6-7-12(11(8-10)14(15,16)17)21(19,20)18-13(3,4)5;2*1-8(2)10-5-6-12(11(7-10)13(14,15)16)20(18,19)17-9(3)4;1-4-16-19(17,18)11-6-5-9(8(2)3)7-10(11)12(13,14)15/h7-8,11-12,18H,9-10H2,1-6H3;7-10,19H,6H2,1-5H3;8-11,16H,7H2,1-6H3;6-9,18H,1-5H3;2*5-9,17H,1-4H3;5-8,16H,4H2,1-3H3. The Labute approximate surface area is 834 Å². The first kappa shape index (κ1) is 131. The van der Waals surface area contributed by atoms with Crippen LogP contribution in [-0.4, -0.2) is 101 Å². The number of nitrogens with one attached hydrogen (secondary N) is 7. The van der Waals surface area contributed by atoms with Gasteiger partial charge in [0, 0.05) is 41.8 Å². The Bertz CT molecular complexity index is 5940. The molecule has 1 saturated carbocycles. The van der Waals surface area contributed by atoms with Gasteiger partial charge in [-0.1, -0.05) is 200 Å². The Morgan fingerprint density at radius 3 is 0.648 bits per heavy atom. The number of hydrogen-bond acceptors (Lipinski definition) is 14. The number of rotatable bonds is 28. The highest BCUT2D eigenvalue weighted by molar-refractivity contribution is 7.91. The summed E-state index contributed by atoms with van der Waals surface area (Å²) < 4.78 is 383. The minimum Gasteiger partial charge on any atom is -0.211 e. The summed E-state index contributed by atoms with van der Waals surface area (Å²) in [5.41, 5.74) is -1.54. The van der Waals surface area contributed by atoms with Crippen LogP contribution in [0.4, 0.5) is 65.9 Å². The molecule has 0 aromatic heterocycles. The van der Waals surface area contributed by atoms with Crippen molar-refractivity contribution in [3.8, 4) is 0 Å². The van der Waals surface area contributed by atoms with Crippen LogP contribution < -0.4 is 33.1 Å². The third-order valence-electron chi connectivity index (χ3n) is 21.3. The van der Waals surface area contributed by atoms with Crippen molar-refractivity contribution in [3.63, 3.8) is 0 Å². The Hall–Kier alpha value is -7.14. The van der Waals surface area contributed by atoms with Crippen molar-refractivity contribution < 1.29 is 125 Å². The van der Waals surface area contributed by atoms with Crippen LogP contribution in [0.5, 0.6) is 0 Å². The summed E-state index contributed by atoms with van der Waals surface area (Å²) in [5.74, 6) is 0.181. The van der Waals surface area contributed by atoms with E-state index in [0.717, 1.165) is 84.6 Å². The van der Waals surface area contributed by atoms with Crippen LogP contribution in [0, 0.1) is 0 Å². The zero-order valence-corrected chi connectivity index (χ0v) is 92.8. The minimum atomic E-state index is -4.73. The zero-order chi connectivity index (χ0) is 111. The lowest BCUT2D eigenvalue weighted by Gasteiger charge is -2.25. The molecule has 7 aromatic carbocycles. The molecule has 21 nitrogen and oxygen atoms in total. The van der Waals surface area contributed by atoms with Gasteiger partial charge in [0.2, 0.25) is 70.2 Å². The highest BCUT2D eigenvalue weighted by Gasteiger charge is 2.46. The SMILES string of the molecule is CC(C)NS(=O)(=O)c1ccc(C(C)C)cc1C(F)(F)F.CC(C)NS(=O)(=O)c1ccc(C(C)C)cc1C(F)(F)F.CC(C)c1ccc(S(=O)(=O)NC(C)(C)C)c(C(F)(F)F)c1.CC(C)c1ccc(S(=O)(=O)NC(C)(C)C)c(C2(C)CC2)c1.CCC(C)(C)NS(=O)(=O)c1ccc(C(C)C)cc1C(F)(F)F.CCNS(=O)(=O)c1ccc(C(C)C)cc1C(C)(C)C.CCNS(=O)(=O)c1ccc(C(C)C)cc1C(F)(F)F. The van der Waals surface area contributed by atoms with Gasteiger partial charge < -0.3 is 0 Å². The van der Waals surface area contributed by atoms with Crippen molar-refractivity contribution >= 4 is 70.2 Å². The Morgan fingerprint density at radius 1 is 0.268 bits per heavy atom. The van der Waals surface area contributed by atoms with Gasteiger partial charge in [-0.15, -0.1) is 0 Å². The van der Waals surface area contributed by atoms with Gasteiger partial charge >= 0.3 is 30.9 Å². The lowest BCUT2D eigenvalue weighted by molar-refractivity contribution is -0.140. The average Bonchev–Trinajstić information content (AvgIpc) is 1.63. The Balaban J connectivity index is 0.000000560. The van der Waals surface area contributed by atoms with Crippen LogP contribution in [0.15, 0.2) is 162 Å². The molecule has 1 fully saturated rings. The lowest BCUT2D eigenvalue weighted by atomic mass is 9.85. The second kappa shape index (κ2) is 49.8. The summed E-state index contributed by atoms with van der Waals surface area (Å²) >= 11 is 0. The highest BCUT2D eigenvalue weighted by Crippen LogP contribution is 2.51. The molecule has 142 heavy (non-hydrogen) atoms. The summed E-state index contributed by atoms with van der Waals surface area (Å²) in [6.45, 7) is 59.5. The molecule has 7 aromatic rings. The van der Waals surface area contributed by atoms with Crippen molar-refractivity contribution in [2.45, 2.75) is 394 Å². The van der Waals surface area contributed by atoms with Crippen molar-refractivity contribution in [3.05, 3.63) is 205 Å². The fourth-order valence-electron chi connectivity index (χ4n) is 13.3. The molecule has 808 valence electrons. The molecule has 0 unspecified atom stereocenters. The van der Waals surface area contributed by atoms with Crippen LogP contribution in [0.1, 0.15) is 367 Å². The van der Waals surface area contributed by atoms with Gasteiger partial charge in [0.05, 0.1) is 62.1 Å². The smallest absolute Gasteiger partial charge is 0.211 e. The number of hydrogen-bond donors (Lipinski definition) is 7. The number of sulfonamides is 7. The summed E-state index contributed by atoms with van der Waals surface area (Å²) in [5, 5.41) is 0.